The summed E-state index contributed by atoms with van der Waals surface area (Å²) in [4.78, 5) is 12.2. The minimum Gasteiger partial charge on any atom is -0.449 e. The SMILES string of the molecule is Cc1c(C(=O)Oc2cccc(Cl)c2)oc2ccc(Cl)cc12. The molecule has 3 nitrogen and oxygen atoms in total. The maximum absolute atomic E-state index is 12.2. The van der Waals surface area contributed by atoms with E-state index in [9.17, 15) is 4.79 Å². The first-order chi connectivity index (χ1) is 10.0. The Bertz CT molecular complexity index is 837. The van der Waals surface area contributed by atoms with Crippen LogP contribution in [0.25, 0.3) is 11.0 Å². The van der Waals surface area contributed by atoms with Crippen LogP contribution in [-0.2, 0) is 0 Å². The van der Waals surface area contributed by atoms with Crippen LogP contribution in [0.5, 0.6) is 5.75 Å². The van der Waals surface area contributed by atoms with Crippen molar-refractivity contribution in [2.75, 3.05) is 0 Å². The highest BCUT2D eigenvalue weighted by Gasteiger charge is 2.20. The summed E-state index contributed by atoms with van der Waals surface area (Å²) in [5.41, 5.74) is 1.29. The lowest BCUT2D eigenvalue weighted by atomic mass is 10.1. The fraction of sp³-hybridized carbons (Fsp3) is 0.0625. The molecule has 0 fully saturated rings. The number of carbonyl (C=O) groups is 1. The normalized spacial score (nSPS) is 10.8. The van der Waals surface area contributed by atoms with Crippen LogP contribution in [0.4, 0.5) is 0 Å². The number of ether oxygens (including phenoxy) is 1. The molecule has 0 aliphatic carbocycles. The minimum absolute atomic E-state index is 0.159. The molecule has 106 valence electrons. The van der Waals surface area contributed by atoms with Gasteiger partial charge in [-0.15, -0.1) is 0 Å². The number of fused-ring (bicyclic) bond motifs is 1. The third kappa shape index (κ3) is 2.75. The summed E-state index contributed by atoms with van der Waals surface area (Å²) in [5.74, 6) is -0.0419. The molecular weight excluding hydrogens is 311 g/mol. The van der Waals surface area contributed by atoms with Gasteiger partial charge in [0.1, 0.15) is 11.3 Å². The van der Waals surface area contributed by atoms with Gasteiger partial charge in [0.05, 0.1) is 0 Å². The minimum atomic E-state index is -0.568. The van der Waals surface area contributed by atoms with Crippen molar-refractivity contribution in [3.8, 4) is 5.75 Å². The van der Waals surface area contributed by atoms with Crippen molar-refractivity contribution in [3.05, 3.63) is 63.8 Å². The molecule has 0 aliphatic rings. The Morgan fingerprint density at radius 3 is 2.62 bits per heavy atom. The highest BCUT2D eigenvalue weighted by Crippen LogP contribution is 2.29. The van der Waals surface area contributed by atoms with Crippen molar-refractivity contribution in [2.24, 2.45) is 0 Å². The van der Waals surface area contributed by atoms with Crippen LogP contribution in [0.15, 0.2) is 46.9 Å². The number of esters is 1. The summed E-state index contributed by atoms with van der Waals surface area (Å²) in [7, 11) is 0. The number of aryl methyl sites for hydroxylation is 1. The second-order valence-electron chi connectivity index (χ2n) is 4.54. The highest BCUT2D eigenvalue weighted by atomic mass is 35.5. The summed E-state index contributed by atoms with van der Waals surface area (Å²) in [5, 5.41) is 1.87. The number of hydrogen-bond donors (Lipinski definition) is 0. The quantitative estimate of drug-likeness (QED) is 0.477. The predicted molar refractivity (Wildman–Crippen MR) is 82.4 cm³/mol. The second-order valence-corrected chi connectivity index (χ2v) is 5.42. The molecule has 0 radical (unpaired) electrons. The van der Waals surface area contributed by atoms with Crippen LogP contribution in [0.3, 0.4) is 0 Å². The van der Waals surface area contributed by atoms with Gasteiger partial charge in [-0.05, 0) is 43.3 Å². The van der Waals surface area contributed by atoms with Gasteiger partial charge in [0.25, 0.3) is 0 Å². The average molecular weight is 321 g/mol. The van der Waals surface area contributed by atoms with Gasteiger partial charge in [-0.1, -0.05) is 29.3 Å². The zero-order valence-corrected chi connectivity index (χ0v) is 12.5. The number of furan rings is 1. The molecule has 21 heavy (non-hydrogen) atoms. The van der Waals surface area contributed by atoms with Gasteiger partial charge < -0.3 is 9.15 Å². The topological polar surface area (TPSA) is 39.4 Å². The van der Waals surface area contributed by atoms with E-state index in [1.165, 1.54) is 0 Å². The van der Waals surface area contributed by atoms with Crippen molar-refractivity contribution < 1.29 is 13.9 Å². The van der Waals surface area contributed by atoms with Crippen molar-refractivity contribution in [3.63, 3.8) is 0 Å². The number of benzene rings is 2. The molecule has 0 amide bonds. The van der Waals surface area contributed by atoms with E-state index in [1.807, 2.05) is 0 Å². The first kappa shape index (κ1) is 14.0. The van der Waals surface area contributed by atoms with Crippen molar-refractivity contribution in [1.82, 2.24) is 0 Å². The van der Waals surface area contributed by atoms with E-state index in [0.29, 0.717) is 26.9 Å². The summed E-state index contributed by atoms with van der Waals surface area (Å²) >= 11 is 11.8. The molecule has 1 heterocycles. The van der Waals surface area contributed by atoms with Crippen molar-refractivity contribution in [1.29, 1.82) is 0 Å². The summed E-state index contributed by atoms with van der Waals surface area (Å²) < 4.78 is 10.8. The third-order valence-corrected chi connectivity index (χ3v) is 3.56. The lowest BCUT2D eigenvalue weighted by Crippen LogP contribution is -2.08. The van der Waals surface area contributed by atoms with Gasteiger partial charge in [0.2, 0.25) is 5.76 Å². The van der Waals surface area contributed by atoms with Crippen LogP contribution in [0.1, 0.15) is 16.1 Å². The van der Waals surface area contributed by atoms with Crippen LogP contribution >= 0.6 is 23.2 Å². The molecule has 0 bridgehead atoms. The van der Waals surface area contributed by atoms with Gasteiger partial charge in [-0.25, -0.2) is 4.79 Å². The van der Waals surface area contributed by atoms with E-state index in [4.69, 9.17) is 32.4 Å². The first-order valence-corrected chi connectivity index (χ1v) is 6.96. The van der Waals surface area contributed by atoms with E-state index >= 15 is 0 Å². The average Bonchev–Trinajstić information content (AvgIpc) is 2.76. The summed E-state index contributed by atoms with van der Waals surface area (Å²) in [6.45, 7) is 1.79. The molecule has 0 saturated carbocycles. The lowest BCUT2D eigenvalue weighted by Gasteiger charge is -2.02. The molecule has 2 aromatic carbocycles. The first-order valence-electron chi connectivity index (χ1n) is 6.21. The molecule has 3 rings (SSSR count). The van der Waals surface area contributed by atoms with Gasteiger partial charge in [0, 0.05) is 21.0 Å². The smallest absolute Gasteiger partial charge is 0.379 e. The van der Waals surface area contributed by atoms with Gasteiger partial charge in [-0.2, -0.15) is 0 Å². The maximum Gasteiger partial charge on any atom is 0.379 e. The Labute approximate surface area is 131 Å². The van der Waals surface area contributed by atoms with E-state index in [1.54, 1.807) is 49.4 Å². The van der Waals surface area contributed by atoms with Crippen LogP contribution in [0, 0.1) is 6.92 Å². The molecule has 0 atom stereocenters. The van der Waals surface area contributed by atoms with Crippen molar-refractivity contribution in [2.45, 2.75) is 6.92 Å². The van der Waals surface area contributed by atoms with Crippen molar-refractivity contribution >= 4 is 40.1 Å². The molecule has 0 N–H and O–H groups in total. The molecular formula is C16H10Cl2O3. The fourth-order valence-electron chi connectivity index (χ4n) is 2.07. The largest absolute Gasteiger partial charge is 0.449 e. The van der Waals surface area contributed by atoms with Gasteiger partial charge in [-0.3, -0.25) is 0 Å². The second kappa shape index (κ2) is 5.43. The van der Waals surface area contributed by atoms with Gasteiger partial charge >= 0.3 is 5.97 Å². The Kier molecular flexibility index (Phi) is 3.62. The maximum atomic E-state index is 12.2. The molecule has 0 spiro atoms. The number of hydrogen-bond acceptors (Lipinski definition) is 3. The molecule has 3 aromatic rings. The predicted octanol–water partition coefficient (Wildman–Crippen LogP) is 5.27. The zero-order valence-electron chi connectivity index (χ0n) is 11.0. The van der Waals surface area contributed by atoms with E-state index in [-0.39, 0.29) is 5.76 Å². The van der Waals surface area contributed by atoms with E-state index in [2.05, 4.69) is 0 Å². The Morgan fingerprint density at radius 1 is 1.10 bits per heavy atom. The van der Waals surface area contributed by atoms with Crippen LogP contribution in [0.2, 0.25) is 10.0 Å². The fourth-order valence-corrected chi connectivity index (χ4v) is 2.42. The summed E-state index contributed by atoms with van der Waals surface area (Å²) in [6.07, 6.45) is 0. The van der Waals surface area contributed by atoms with Crippen LogP contribution < -0.4 is 4.74 Å². The Morgan fingerprint density at radius 2 is 1.86 bits per heavy atom. The number of rotatable bonds is 2. The van der Waals surface area contributed by atoms with E-state index < -0.39 is 5.97 Å². The van der Waals surface area contributed by atoms with Gasteiger partial charge in [0.15, 0.2) is 0 Å². The Hall–Kier alpha value is -1.97. The Balaban J connectivity index is 1.96. The lowest BCUT2D eigenvalue weighted by molar-refractivity contribution is 0.0703. The molecule has 0 saturated heterocycles. The molecule has 1 aromatic heterocycles. The number of halogens is 2. The highest BCUT2D eigenvalue weighted by molar-refractivity contribution is 6.31. The molecule has 0 unspecified atom stereocenters. The molecule has 0 aliphatic heterocycles. The monoisotopic (exact) mass is 320 g/mol. The zero-order chi connectivity index (χ0) is 15.0. The molecule has 5 heteroatoms. The third-order valence-electron chi connectivity index (χ3n) is 3.09. The number of carbonyl (C=O) groups excluding carboxylic acids is 1. The summed E-state index contributed by atoms with van der Waals surface area (Å²) in [6, 6.07) is 11.8. The van der Waals surface area contributed by atoms with Crippen LogP contribution in [-0.4, -0.2) is 5.97 Å². The standard InChI is InChI=1S/C16H10Cl2O3/c1-9-13-8-11(18)5-6-14(13)21-15(9)16(19)20-12-4-2-3-10(17)7-12/h2-8H,1H3. The van der Waals surface area contributed by atoms with E-state index in [0.717, 1.165) is 5.39 Å².